The monoisotopic (exact) mass is 377 g/mol. The molecule has 132 valence electrons. The second kappa shape index (κ2) is 5.62. The van der Waals surface area contributed by atoms with E-state index in [0.29, 0.717) is 34.0 Å². The number of rotatable bonds is 4. The number of carbonyl (C=O) groups excluding carboxylic acids is 1. The van der Waals surface area contributed by atoms with Crippen LogP contribution in [-0.2, 0) is 19.9 Å². The summed E-state index contributed by atoms with van der Waals surface area (Å²) in [6, 6.07) is 7.88. The number of esters is 1. The van der Waals surface area contributed by atoms with Gasteiger partial charge in [-0.3, -0.25) is 4.90 Å². The first kappa shape index (κ1) is 16.0. The maximum atomic E-state index is 13.0. The van der Waals surface area contributed by atoms with Crippen LogP contribution in [0.2, 0.25) is 0 Å². The summed E-state index contributed by atoms with van der Waals surface area (Å²) in [5.41, 5.74) is -1.72. The summed E-state index contributed by atoms with van der Waals surface area (Å²) >= 11 is 2.73. The van der Waals surface area contributed by atoms with Crippen LogP contribution in [0.4, 0.5) is 0 Å². The minimum atomic E-state index is -1.72. The fourth-order valence-corrected chi connectivity index (χ4v) is 6.04. The molecule has 0 aromatic carbocycles. The van der Waals surface area contributed by atoms with Gasteiger partial charge >= 0.3 is 5.97 Å². The molecular weight excluding hydrogens is 358 g/mol. The first-order chi connectivity index (χ1) is 12.1. The Morgan fingerprint density at radius 3 is 2.24 bits per heavy atom. The Morgan fingerprint density at radius 1 is 1.20 bits per heavy atom. The Hall–Kier alpha value is -1.25. The molecule has 0 spiro atoms. The first-order valence-corrected chi connectivity index (χ1v) is 10.2. The molecule has 2 aromatic heterocycles. The van der Waals surface area contributed by atoms with Crippen LogP contribution in [0.25, 0.3) is 0 Å². The van der Waals surface area contributed by atoms with E-state index in [0.717, 1.165) is 12.8 Å². The average Bonchev–Trinajstić information content (AvgIpc) is 2.97. The van der Waals surface area contributed by atoms with E-state index in [1.165, 1.54) is 22.7 Å². The van der Waals surface area contributed by atoms with Crippen LogP contribution in [0.1, 0.15) is 22.6 Å². The molecule has 25 heavy (non-hydrogen) atoms. The number of aliphatic hydroxyl groups is 1. The normalized spacial score (nSPS) is 33.9. The van der Waals surface area contributed by atoms with Crippen molar-refractivity contribution in [1.82, 2.24) is 4.90 Å². The van der Waals surface area contributed by atoms with E-state index in [4.69, 9.17) is 9.47 Å². The molecule has 3 aliphatic heterocycles. The van der Waals surface area contributed by atoms with Crippen LogP contribution >= 0.6 is 22.7 Å². The minimum Gasteiger partial charge on any atom is -0.460 e. The Kier molecular flexibility index (Phi) is 3.59. The molecule has 3 fully saturated rings. The lowest BCUT2D eigenvalue weighted by Crippen LogP contribution is -2.49. The molecule has 5 nitrogen and oxygen atoms in total. The third-order valence-electron chi connectivity index (χ3n) is 5.70. The zero-order chi connectivity index (χ0) is 17.2. The molecule has 0 saturated carbocycles. The third-order valence-corrected chi connectivity index (χ3v) is 7.66. The maximum absolute atomic E-state index is 13.0. The second-order valence-corrected chi connectivity index (χ2v) is 8.92. The lowest BCUT2D eigenvalue weighted by atomic mass is 9.97. The number of carbonyl (C=O) groups is 1. The third kappa shape index (κ3) is 2.34. The molecule has 3 saturated heterocycles. The van der Waals surface area contributed by atoms with Crippen LogP contribution in [-0.4, -0.2) is 53.4 Å². The van der Waals surface area contributed by atoms with E-state index in [1.807, 2.05) is 22.9 Å². The molecule has 0 radical (unpaired) electrons. The molecule has 5 rings (SSSR count). The topological polar surface area (TPSA) is 62.3 Å². The number of likely N-dealkylation sites (N-methyl/N-ethyl adjacent to an activating group) is 1. The fraction of sp³-hybridized carbons (Fsp3) is 0.500. The smallest absolute Gasteiger partial charge is 0.349 e. The number of epoxide rings is 1. The molecule has 5 atom stereocenters. The molecule has 7 heteroatoms. The van der Waals surface area contributed by atoms with Crippen LogP contribution in [0, 0.1) is 0 Å². The number of fused-ring (bicyclic) bond motifs is 5. The standard InChI is InChI=1S/C18H19NO4S2/c1-19-11-8-10(9-12(19)16-15(11)23-16)22-17(20)18(21,13-4-2-6-24-13)14-5-3-7-25-14/h2-7,10-12,15-16,21H,8-9H2,1H3/t10-,11?,12?,15-,16+. The average molecular weight is 377 g/mol. The molecule has 5 heterocycles. The number of ether oxygens (including phenoxy) is 2. The highest BCUT2D eigenvalue weighted by Gasteiger charge is 2.63. The summed E-state index contributed by atoms with van der Waals surface area (Å²) < 4.78 is 11.5. The van der Waals surface area contributed by atoms with E-state index < -0.39 is 11.6 Å². The van der Waals surface area contributed by atoms with Crippen molar-refractivity contribution >= 4 is 28.6 Å². The van der Waals surface area contributed by atoms with Crippen molar-refractivity contribution in [3.63, 3.8) is 0 Å². The van der Waals surface area contributed by atoms with E-state index in [-0.39, 0.29) is 6.10 Å². The zero-order valence-electron chi connectivity index (χ0n) is 13.7. The summed E-state index contributed by atoms with van der Waals surface area (Å²) in [6.45, 7) is 0. The van der Waals surface area contributed by atoms with Crippen molar-refractivity contribution in [1.29, 1.82) is 0 Å². The lowest BCUT2D eigenvalue weighted by molar-refractivity contribution is -0.171. The van der Waals surface area contributed by atoms with Crippen molar-refractivity contribution in [2.24, 2.45) is 0 Å². The molecule has 1 N–H and O–H groups in total. The predicted molar refractivity (Wildman–Crippen MR) is 94.8 cm³/mol. The van der Waals surface area contributed by atoms with Crippen molar-refractivity contribution in [3.8, 4) is 0 Å². The number of piperidine rings is 1. The molecule has 0 amide bonds. The van der Waals surface area contributed by atoms with Crippen LogP contribution < -0.4 is 0 Å². The number of morpholine rings is 1. The van der Waals surface area contributed by atoms with E-state index in [9.17, 15) is 9.90 Å². The SMILES string of the molecule is CN1C2C[C@@H](OC(=O)C(O)(c3cccs3)c3cccs3)CC1[C@@H]1O[C@H]21. The second-order valence-electron chi connectivity index (χ2n) is 7.03. The summed E-state index contributed by atoms with van der Waals surface area (Å²) in [6.07, 6.45) is 1.97. The van der Waals surface area contributed by atoms with Gasteiger partial charge in [0, 0.05) is 24.9 Å². The largest absolute Gasteiger partial charge is 0.460 e. The van der Waals surface area contributed by atoms with Gasteiger partial charge in [-0.25, -0.2) is 4.79 Å². The lowest BCUT2D eigenvalue weighted by Gasteiger charge is -2.38. The van der Waals surface area contributed by atoms with E-state index in [1.54, 1.807) is 12.1 Å². The molecule has 3 aliphatic rings. The molecule has 2 unspecified atom stereocenters. The fourth-order valence-electron chi connectivity index (χ4n) is 4.32. The van der Waals surface area contributed by atoms with Crippen molar-refractivity contribution in [2.45, 2.75) is 48.8 Å². The van der Waals surface area contributed by atoms with Gasteiger partial charge in [-0.1, -0.05) is 12.1 Å². The molecule has 0 aliphatic carbocycles. The van der Waals surface area contributed by atoms with Gasteiger partial charge in [-0.2, -0.15) is 0 Å². The Balaban J connectivity index is 1.39. The molecule has 2 aromatic rings. The highest BCUT2D eigenvalue weighted by Crippen LogP contribution is 2.48. The van der Waals surface area contributed by atoms with Gasteiger partial charge in [-0.15, -0.1) is 22.7 Å². The highest BCUT2D eigenvalue weighted by atomic mass is 32.1. The minimum absolute atomic E-state index is 0.165. The number of hydrogen-bond donors (Lipinski definition) is 1. The van der Waals surface area contributed by atoms with Gasteiger partial charge in [0.05, 0.1) is 9.75 Å². The number of nitrogens with zero attached hydrogens (tertiary/aromatic N) is 1. The highest BCUT2D eigenvalue weighted by molar-refractivity contribution is 7.12. The zero-order valence-corrected chi connectivity index (χ0v) is 15.3. The van der Waals surface area contributed by atoms with Crippen LogP contribution in [0.15, 0.2) is 35.0 Å². The van der Waals surface area contributed by atoms with Gasteiger partial charge in [0.25, 0.3) is 0 Å². The van der Waals surface area contributed by atoms with E-state index in [2.05, 4.69) is 11.9 Å². The van der Waals surface area contributed by atoms with Crippen molar-refractivity contribution in [2.75, 3.05) is 7.05 Å². The summed E-state index contributed by atoms with van der Waals surface area (Å²) in [7, 11) is 2.12. The summed E-state index contributed by atoms with van der Waals surface area (Å²) in [4.78, 5) is 16.6. The van der Waals surface area contributed by atoms with Gasteiger partial charge in [0.1, 0.15) is 18.3 Å². The Morgan fingerprint density at radius 2 is 1.76 bits per heavy atom. The summed E-state index contributed by atoms with van der Waals surface area (Å²) in [5.74, 6) is -0.569. The summed E-state index contributed by atoms with van der Waals surface area (Å²) in [5, 5.41) is 15.0. The van der Waals surface area contributed by atoms with Crippen molar-refractivity contribution < 1.29 is 19.4 Å². The quantitative estimate of drug-likeness (QED) is 0.654. The number of thiophene rings is 2. The number of hydrogen-bond acceptors (Lipinski definition) is 7. The Bertz CT molecular complexity index is 723. The Labute approximate surface area is 153 Å². The molecular formula is C18H19NO4S2. The van der Waals surface area contributed by atoms with Gasteiger partial charge in [-0.05, 0) is 29.9 Å². The van der Waals surface area contributed by atoms with Crippen molar-refractivity contribution in [3.05, 3.63) is 44.8 Å². The van der Waals surface area contributed by atoms with Crippen LogP contribution in [0.5, 0.6) is 0 Å². The predicted octanol–water partition coefficient (Wildman–Crippen LogP) is 2.20. The first-order valence-electron chi connectivity index (χ1n) is 8.48. The van der Waals surface area contributed by atoms with Crippen LogP contribution in [0.3, 0.4) is 0 Å². The van der Waals surface area contributed by atoms with E-state index >= 15 is 0 Å². The van der Waals surface area contributed by atoms with Gasteiger partial charge in [0.15, 0.2) is 0 Å². The molecule has 2 bridgehead atoms. The van der Waals surface area contributed by atoms with Gasteiger partial charge < -0.3 is 14.6 Å². The van der Waals surface area contributed by atoms with Gasteiger partial charge in [0.2, 0.25) is 5.60 Å². The maximum Gasteiger partial charge on any atom is 0.349 e.